The van der Waals surface area contributed by atoms with E-state index in [1.165, 1.54) is 0 Å². The van der Waals surface area contributed by atoms with E-state index >= 15 is 0 Å². The van der Waals surface area contributed by atoms with E-state index < -0.39 is 27.7 Å². The molecule has 0 aliphatic heterocycles. The fraction of sp³-hybridized carbons (Fsp3) is 0.455. The molecule has 1 aromatic rings. The highest BCUT2D eigenvalue weighted by atomic mass is 32.2. The van der Waals surface area contributed by atoms with Crippen molar-refractivity contribution in [2.24, 2.45) is 5.73 Å². The normalized spacial score (nSPS) is 15.8. The molecule has 90 valence electrons. The third kappa shape index (κ3) is 2.81. The van der Waals surface area contributed by atoms with Crippen LogP contribution in [-0.2, 0) is 9.84 Å². The molecule has 0 radical (unpaired) electrons. The molecule has 3 N–H and O–H groups in total. The van der Waals surface area contributed by atoms with Crippen molar-refractivity contribution in [3.05, 3.63) is 35.4 Å². The zero-order valence-corrected chi connectivity index (χ0v) is 10.2. The first-order valence-electron chi connectivity index (χ1n) is 4.98. The number of aliphatic hydroxyl groups is 1. The minimum Gasteiger partial charge on any atom is -0.395 e. The maximum Gasteiger partial charge on any atom is 0.154 e. The average molecular weight is 243 g/mol. The van der Waals surface area contributed by atoms with Crippen molar-refractivity contribution < 1.29 is 13.5 Å². The number of rotatable bonds is 4. The van der Waals surface area contributed by atoms with Crippen LogP contribution in [0.3, 0.4) is 0 Å². The van der Waals surface area contributed by atoms with Crippen molar-refractivity contribution in [3.8, 4) is 0 Å². The Kier molecular flexibility index (Phi) is 4.07. The van der Waals surface area contributed by atoms with Gasteiger partial charge in [0.1, 0.15) is 5.25 Å². The molecule has 0 aliphatic rings. The Morgan fingerprint density at radius 1 is 1.38 bits per heavy atom. The summed E-state index contributed by atoms with van der Waals surface area (Å²) in [5.41, 5.74) is 7.58. The zero-order valence-electron chi connectivity index (χ0n) is 9.42. The SMILES string of the molecule is Cc1ccccc1[C@@H](N)[C@H](CO)S(C)(=O)=O. The van der Waals surface area contributed by atoms with Gasteiger partial charge in [-0.2, -0.15) is 0 Å². The summed E-state index contributed by atoms with van der Waals surface area (Å²) < 4.78 is 22.9. The largest absolute Gasteiger partial charge is 0.395 e. The molecule has 2 atom stereocenters. The van der Waals surface area contributed by atoms with E-state index in [9.17, 15) is 8.42 Å². The fourth-order valence-electron chi connectivity index (χ4n) is 1.68. The molecule has 0 spiro atoms. The van der Waals surface area contributed by atoms with Gasteiger partial charge in [-0.3, -0.25) is 0 Å². The molecule has 4 nitrogen and oxygen atoms in total. The smallest absolute Gasteiger partial charge is 0.154 e. The van der Waals surface area contributed by atoms with E-state index in [1.807, 2.05) is 19.1 Å². The van der Waals surface area contributed by atoms with Gasteiger partial charge in [0.15, 0.2) is 9.84 Å². The minimum atomic E-state index is -3.35. The molecule has 1 aromatic carbocycles. The molecule has 0 saturated carbocycles. The van der Waals surface area contributed by atoms with E-state index in [4.69, 9.17) is 10.8 Å². The van der Waals surface area contributed by atoms with Gasteiger partial charge >= 0.3 is 0 Å². The lowest BCUT2D eigenvalue weighted by molar-refractivity contribution is 0.278. The van der Waals surface area contributed by atoms with E-state index in [2.05, 4.69) is 0 Å². The second-order valence-corrected chi connectivity index (χ2v) is 6.20. The quantitative estimate of drug-likeness (QED) is 0.802. The molecule has 0 saturated heterocycles. The first-order valence-corrected chi connectivity index (χ1v) is 6.94. The van der Waals surface area contributed by atoms with Gasteiger partial charge in [-0.1, -0.05) is 24.3 Å². The highest BCUT2D eigenvalue weighted by Gasteiger charge is 2.28. The topological polar surface area (TPSA) is 80.4 Å². The second kappa shape index (κ2) is 4.95. The van der Waals surface area contributed by atoms with Crippen molar-refractivity contribution in [2.45, 2.75) is 18.2 Å². The van der Waals surface area contributed by atoms with Crippen LogP contribution in [0.15, 0.2) is 24.3 Å². The molecule has 5 heteroatoms. The molecule has 16 heavy (non-hydrogen) atoms. The minimum absolute atomic E-state index is 0.464. The van der Waals surface area contributed by atoms with Gasteiger partial charge in [0.05, 0.1) is 6.61 Å². The van der Waals surface area contributed by atoms with Crippen molar-refractivity contribution in [3.63, 3.8) is 0 Å². The van der Waals surface area contributed by atoms with E-state index in [-0.39, 0.29) is 0 Å². The number of hydrogen-bond donors (Lipinski definition) is 2. The molecular formula is C11H17NO3S. The summed E-state index contributed by atoms with van der Waals surface area (Å²) >= 11 is 0. The summed E-state index contributed by atoms with van der Waals surface area (Å²) in [6.45, 7) is 1.40. The van der Waals surface area contributed by atoms with E-state index in [0.29, 0.717) is 0 Å². The summed E-state index contributed by atoms with van der Waals surface area (Å²) in [6, 6.07) is 6.62. The summed E-state index contributed by atoms with van der Waals surface area (Å²) in [5.74, 6) is 0. The van der Waals surface area contributed by atoms with Crippen LogP contribution in [0.1, 0.15) is 17.2 Å². The Hall–Kier alpha value is -0.910. The van der Waals surface area contributed by atoms with Gasteiger partial charge in [0.2, 0.25) is 0 Å². The third-order valence-electron chi connectivity index (χ3n) is 2.68. The van der Waals surface area contributed by atoms with Gasteiger partial charge in [0.25, 0.3) is 0 Å². The van der Waals surface area contributed by atoms with Crippen molar-refractivity contribution in [1.29, 1.82) is 0 Å². The first kappa shape index (κ1) is 13.2. The van der Waals surface area contributed by atoms with Crippen LogP contribution < -0.4 is 5.73 Å². The molecule has 0 amide bonds. The Bertz CT molecular complexity index is 456. The first-order chi connectivity index (χ1) is 7.38. The highest BCUT2D eigenvalue weighted by Crippen LogP contribution is 2.22. The lowest BCUT2D eigenvalue weighted by Gasteiger charge is -2.22. The molecular weight excluding hydrogens is 226 g/mol. The predicted octanol–water partition coefficient (Wildman–Crippen LogP) is 0.400. The van der Waals surface area contributed by atoms with Gasteiger partial charge in [-0.15, -0.1) is 0 Å². The number of hydrogen-bond acceptors (Lipinski definition) is 4. The molecule has 0 fully saturated rings. The molecule has 0 aliphatic carbocycles. The molecule has 0 heterocycles. The Morgan fingerprint density at radius 2 is 1.94 bits per heavy atom. The van der Waals surface area contributed by atoms with Gasteiger partial charge in [-0.25, -0.2) is 8.42 Å². The Balaban J connectivity index is 3.10. The van der Waals surface area contributed by atoms with Crippen LogP contribution in [0.4, 0.5) is 0 Å². The summed E-state index contributed by atoms with van der Waals surface area (Å²) in [7, 11) is -3.35. The fourth-order valence-corrected chi connectivity index (χ4v) is 2.63. The number of aryl methyl sites for hydroxylation is 1. The van der Waals surface area contributed by atoms with E-state index in [1.54, 1.807) is 12.1 Å². The number of benzene rings is 1. The molecule has 0 unspecified atom stereocenters. The highest BCUT2D eigenvalue weighted by molar-refractivity contribution is 7.91. The van der Waals surface area contributed by atoms with Crippen molar-refractivity contribution in [1.82, 2.24) is 0 Å². The second-order valence-electron chi connectivity index (χ2n) is 3.93. The molecule has 1 rings (SSSR count). The maximum atomic E-state index is 11.4. The lowest BCUT2D eigenvalue weighted by Crippen LogP contribution is -2.36. The Morgan fingerprint density at radius 3 is 2.38 bits per heavy atom. The Labute approximate surface area is 96.0 Å². The average Bonchev–Trinajstić information content (AvgIpc) is 2.17. The van der Waals surface area contributed by atoms with E-state index in [0.717, 1.165) is 17.4 Å². The third-order valence-corrected chi connectivity index (χ3v) is 4.22. The predicted molar refractivity (Wildman–Crippen MR) is 63.8 cm³/mol. The van der Waals surface area contributed by atoms with Crippen LogP contribution in [-0.4, -0.2) is 31.6 Å². The molecule has 0 aromatic heterocycles. The van der Waals surface area contributed by atoms with Crippen molar-refractivity contribution in [2.75, 3.05) is 12.9 Å². The standard InChI is InChI=1S/C11H17NO3S/c1-8-5-3-4-6-9(8)11(12)10(7-13)16(2,14)15/h3-6,10-11,13H,7,12H2,1-2H3/t10-,11+/m0/s1. The monoisotopic (exact) mass is 243 g/mol. The van der Waals surface area contributed by atoms with Crippen LogP contribution >= 0.6 is 0 Å². The summed E-state index contributed by atoms with van der Waals surface area (Å²) in [4.78, 5) is 0. The summed E-state index contributed by atoms with van der Waals surface area (Å²) in [6.07, 6.45) is 1.09. The zero-order chi connectivity index (χ0) is 12.3. The maximum absolute atomic E-state index is 11.4. The summed E-state index contributed by atoms with van der Waals surface area (Å²) in [5, 5.41) is 8.17. The van der Waals surface area contributed by atoms with Gasteiger partial charge in [-0.05, 0) is 18.1 Å². The molecule has 0 bridgehead atoms. The van der Waals surface area contributed by atoms with Gasteiger partial charge in [0, 0.05) is 12.3 Å². The number of aliphatic hydroxyl groups excluding tert-OH is 1. The van der Waals surface area contributed by atoms with Crippen molar-refractivity contribution >= 4 is 9.84 Å². The van der Waals surface area contributed by atoms with Gasteiger partial charge < -0.3 is 10.8 Å². The van der Waals surface area contributed by atoms with Crippen LogP contribution in [0.5, 0.6) is 0 Å². The number of sulfone groups is 1. The van der Waals surface area contributed by atoms with Crippen LogP contribution in [0.25, 0.3) is 0 Å². The van der Waals surface area contributed by atoms with Crippen LogP contribution in [0.2, 0.25) is 0 Å². The lowest BCUT2D eigenvalue weighted by atomic mass is 10.00. The number of nitrogens with two attached hydrogens (primary N) is 1. The van der Waals surface area contributed by atoms with Crippen LogP contribution in [0, 0.1) is 6.92 Å².